The Labute approximate surface area is 163 Å². The number of benzene rings is 1. The molecule has 0 aliphatic heterocycles. The van der Waals surface area contributed by atoms with Crippen molar-refractivity contribution in [1.82, 2.24) is 15.0 Å². The first-order valence-electron chi connectivity index (χ1n) is 10.0. The SMILES string of the molecule is Cc1nc2cc(Nc3cc(C4CC4)nc(NC4CCCCC4)n3)ccc2s1. The second-order valence-corrected chi connectivity index (χ2v) is 9.03. The van der Waals surface area contributed by atoms with Gasteiger partial charge in [-0.3, -0.25) is 0 Å². The summed E-state index contributed by atoms with van der Waals surface area (Å²) in [6.45, 7) is 2.05. The highest BCUT2D eigenvalue weighted by atomic mass is 32.1. The molecular formula is C21H25N5S. The van der Waals surface area contributed by atoms with Crippen molar-refractivity contribution in [2.45, 2.75) is 63.8 Å². The first kappa shape index (κ1) is 16.9. The van der Waals surface area contributed by atoms with Crippen LogP contribution in [0.15, 0.2) is 24.3 Å². The average Bonchev–Trinajstić information content (AvgIpc) is 3.44. The summed E-state index contributed by atoms with van der Waals surface area (Å²) in [7, 11) is 0. The van der Waals surface area contributed by atoms with Crippen LogP contribution in [0.4, 0.5) is 17.5 Å². The molecule has 3 aromatic rings. The lowest BCUT2D eigenvalue weighted by Crippen LogP contribution is -2.23. The number of aromatic nitrogens is 3. The maximum atomic E-state index is 4.81. The number of rotatable bonds is 5. The van der Waals surface area contributed by atoms with Crippen molar-refractivity contribution in [3.8, 4) is 0 Å². The summed E-state index contributed by atoms with van der Waals surface area (Å²) in [5.41, 5.74) is 3.23. The van der Waals surface area contributed by atoms with E-state index in [-0.39, 0.29) is 0 Å². The minimum atomic E-state index is 0.510. The number of hydrogen-bond acceptors (Lipinski definition) is 6. The lowest BCUT2D eigenvalue weighted by atomic mass is 9.96. The highest BCUT2D eigenvalue weighted by Crippen LogP contribution is 2.40. The van der Waals surface area contributed by atoms with Crippen molar-refractivity contribution < 1.29 is 0 Å². The summed E-state index contributed by atoms with van der Waals surface area (Å²) in [6.07, 6.45) is 8.88. The number of thiazole rings is 1. The molecule has 2 aliphatic rings. The third-order valence-corrected chi connectivity index (χ3v) is 6.40. The van der Waals surface area contributed by atoms with Crippen molar-refractivity contribution in [2.75, 3.05) is 10.6 Å². The zero-order valence-electron chi connectivity index (χ0n) is 15.7. The minimum Gasteiger partial charge on any atom is -0.351 e. The molecule has 2 saturated carbocycles. The van der Waals surface area contributed by atoms with Gasteiger partial charge in [-0.1, -0.05) is 19.3 Å². The Balaban J connectivity index is 1.41. The lowest BCUT2D eigenvalue weighted by molar-refractivity contribution is 0.460. The molecule has 0 atom stereocenters. The monoisotopic (exact) mass is 379 g/mol. The molecule has 140 valence electrons. The van der Waals surface area contributed by atoms with Crippen LogP contribution in [0.3, 0.4) is 0 Å². The Hall–Kier alpha value is -2.21. The third kappa shape index (κ3) is 3.90. The van der Waals surface area contributed by atoms with Gasteiger partial charge in [-0.15, -0.1) is 11.3 Å². The van der Waals surface area contributed by atoms with E-state index in [0.29, 0.717) is 12.0 Å². The van der Waals surface area contributed by atoms with Gasteiger partial charge in [0.2, 0.25) is 5.95 Å². The molecule has 0 bridgehead atoms. The molecular weight excluding hydrogens is 354 g/mol. The number of fused-ring (bicyclic) bond motifs is 1. The van der Waals surface area contributed by atoms with Crippen LogP contribution in [0.1, 0.15) is 61.6 Å². The maximum absolute atomic E-state index is 4.81. The standard InChI is InChI=1S/C21H25N5S/c1-13-22-18-11-16(9-10-19(18)27-13)23-20-12-17(14-7-8-14)25-21(26-20)24-15-5-3-2-4-6-15/h9-12,14-15H,2-8H2,1H3,(H2,23,24,25,26). The Bertz CT molecular complexity index is 956. The van der Waals surface area contributed by atoms with E-state index in [1.54, 1.807) is 11.3 Å². The lowest BCUT2D eigenvalue weighted by Gasteiger charge is -2.23. The van der Waals surface area contributed by atoms with E-state index in [2.05, 4.69) is 39.9 Å². The third-order valence-electron chi connectivity index (χ3n) is 5.45. The van der Waals surface area contributed by atoms with Gasteiger partial charge in [-0.05, 0) is 50.8 Å². The van der Waals surface area contributed by atoms with Crippen LogP contribution in [0.25, 0.3) is 10.2 Å². The molecule has 27 heavy (non-hydrogen) atoms. The van der Waals surface area contributed by atoms with E-state index >= 15 is 0 Å². The molecule has 2 aromatic heterocycles. The predicted octanol–water partition coefficient (Wildman–Crippen LogP) is 5.76. The van der Waals surface area contributed by atoms with E-state index in [1.165, 1.54) is 49.6 Å². The molecule has 5 nitrogen and oxygen atoms in total. The molecule has 2 heterocycles. The van der Waals surface area contributed by atoms with E-state index in [9.17, 15) is 0 Å². The summed E-state index contributed by atoms with van der Waals surface area (Å²) in [6, 6.07) is 8.96. The van der Waals surface area contributed by atoms with Gasteiger partial charge in [0.25, 0.3) is 0 Å². The largest absolute Gasteiger partial charge is 0.351 e. The Morgan fingerprint density at radius 3 is 2.63 bits per heavy atom. The summed E-state index contributed by atoms with van der Waals surface area (Å²) in [5.74, 6) is 2.25. The van der Waals surface area contributed by atoms with Gasteiger partial charge in [0.15, 0.2) is 0 Å². The topological polar surface area (TPSA) is 62.7 Å². The summed E-state index contributed by atoms with van der Waals surface area (Å²) < 4.78 is 1.22. The maximum Gasteiger partial charge on any atom is 0.225 e. The quantitative estimate of drug-likeness (QED) is 0.590. The number of nitrogens with one attached hydrogen (secondary N) is 2. The van der Waals surface area contributed by atoms with Crippen LogP contribution in [-0.4, -0.2) is 21.0 Å². The smallest absolute Gasteiger partial charge is 0.225 e. The second kappa shape index (κ2) is 7.08. The summed E-state index contributed by atoms with van der Waals surface area (Å²) in [5, 5.41) is 8.17. The fourth-order valence-corrected chi connectivity index (χ4v) is 4.69. The average molecular weight is 380 g/mol. The van der Waals surface area contributed by atoms with Crippen molar-refractivity contribution in [3.05, 3.63) is 35.0 Å². The molecule has 2 N–H and O–H groups in total. The molecule has 0 spiro atoms. The number of anilines is 3. The van der Waals surface area contributed by atoms with Gasteiger partial charge in [0.1, 0.15) is 5.82 Å². The van der Waals surface area contributed by atoms with Gasteiger partial charge < -0.3 is 10.6 Å². The fraction of sp³-hybridized carbons (Fsp3) is 0.476. The molecule has 5 rings (SSSR count). The number of aryl methyl sites for hydroxylation is 1. The molecule has 6 heteroatoms. The van der Waals surface area contributed by atoms with Crippen molar-refractivity contribution in [1.29, 1.82) is 0 Å². The van der Waals surface area contributed by atoms with Crippen molar-refractivity contribution in [3.63, 3.8) is 0 Å². The van der Waals surface area contributed by atoms with Crippen molar-refractivity contribution >= 4 is 39.0 Å². The van der Waals surface area contributed by atoms with Crippen LogP contribution in [0.5, 0.6) is 0 Å². The van der Waals surface area contributed by atoms with Gasteiger partial charge in [-0.2, -0.15) is 4.98 Å². The minimum absolute atomic E-state index is 0.510. The Kier molecular flexibility index (Phi) is 4.44. The molecule has 1 aromatic carbocycles. The first-order valence-corrected chi connectivity index (χ1v) is 10.8. The van der Waals surface area contributed by atoms with Crippen LogP contribution in [0, 0.1) is 6.92 Å². The number of nitrogens with zero attached hydrogens (tertiary/aromatic N) is 3. The van der Waals surface area contributed by atoms with Crippen LogP contribution < -0.4 is 10.6 Å². The fourth-order valence-electron chi connectivity index (χ4n) is 3.88. The summed E-state index contributed by atoms with van der Waals surface area (Å²) >= 11 is 1.73. The molecule has 2 fully saturated rings. The Morgan fingerprint density at radius 1 is 0.963 bits per heavy atom. The summed E-state index contributed by atoms with van der Waals surface area (Å²) in [4.78, 5) is 14.2. The number of hydrogen-bond donors (Lipinski definition) is 2. The molecule has 0 radical (unpaired) electrons. The van der Waals surface area contributed by atoms with Gasteiger partial charge in [0, 0.05) is 23.7 Å². The highest BCUT2D eigenvalue weighted by molar-refractivity contribution is 7.18. The van der Waals surface area contributed by atoms with E-state index < -0.39 is 0 Å². The van der Waals surface area contributed by atoms with Gasteiger partial charge >= 0.3 is 0 Å². The first-order chi connectivity index (χ1) is 13.2. The van der Waals surface area contributed by atoms with E-state index in [4.69, 9.17) is 9.97 Å². The Morgan fingerprint density at radius 2 is 1.81 bits per heavy atom. The van der Waals surface area contributed by atoms with Crippen LogP contribution >= 0.6 is 11.3 Å². The van der Waals surface area contributed by atoms with E-state index in [0.717, 1.165) is 33.7 Å². The second-order valence-electron chi connectivity index (χ2n) is 7.80. The molecule has 0 unspecified atom stereocenters. The van der Waals surface area contributed by atoms with Gasteiger partial charge in [-0.25, -0.2) is 9.97 Å². The zero-order valence-corrected chi connectivity index (χ0v) is 16.5. The molecule has 2 aliphatic carbocycles. The van der Waals surface area contributed by atoms with Crippen LogP contribution in [-0.2, 0) is 0 Å². The predicted molar refractivity (Wildman–Crippen MR) is 112 cm³/mol. The highest BCUT2D eigenvalue weighted by Gasteiger charge is 2.26. The zero-order chi connectivity index (χ0) is 18.2. The van der Waals surface area contributed by atoms with Crippen molar-refractivity contribution in [2.24, 2.45) is 0 Å². The molecule has 0 saturated heterocycles. The normalized spacial score (nSPS) is 18.0. The van der Waals surface area contributed by atoms with Crippen LogP contribution in [0.2, 0.25) is 0 Å². The van der Waals surface area contributed by atoms with Gasteiger partial charge in [0.05, 0.1) is 20.9 Å². The molecule has 0 amide bonds. The van der Waals surface area contributed by atoms with E-state index in [1.807, 2.05) is 6.92 Å².